The van der Waals surface area contributed by atoms with Crippen LogP contribution in [0.2, 0.25) is 5.02 Å². The van der Waals surface area contributed by atoms with Gasteiger partial charge in [-0.3, -0.25) is 0 Å². The minimum atomic E-state index is -0.235. The van der Waals surface area contributed by atoms with Gasteiger partial charge in [-0.25, -0.2) is 0 Å². The molecular formula is C10H9ClN2O. The Morgan fingerprint density at radius 1 is 1.64 bits per heavy atom. The first kappa shape index (κ1) is 9.17. The van der Waals surface area contributed by atoms with Gasteiger partial charge >= 0.3 is 0 Å². The molecular weight excluding hydrogens is 200 g/mol. The molecule has 3 nitrogen and oxygen atoms in total. The van der Waals surface area contributed by atoms with E-state index in [-0.39, 0.29) is 6.04 Å². The Balaban J connectivity index is 2.47. The number of fused-ring (bicyclic) bond motifs is 1. The fourth-order valence-corrected chi connectivity index (χ4v) is 1.71. The lowest BCUT2D eigenvalue weighted by Crippen LogP contribution is -2.39. The van der Waals surface area contributed by atoms with Crippen molar-refractivity contribution in [3.05, 3.63) is 23.2 Å². The number of para-hydroxylation sites is 1. The predicted molar refractivity (Wildman–Crippen MR) is 54.8 cm³/mol. The molecule has 0 N–H and O–H groups in total. The Morgan fingerprint density at radius 2 is 2.43 bits per heavy atom. The summed E-state index contributed by atoms with van der Waals surface area (Å²) in [5.41, 5.74) is 0.871. The van der Waals surface area contributed by atoms with E-state index in [0.717, 1.165) is 5.69 Å². The molecule has 1 aromatic carbocycles. The van der Waals surface area contributed by atoms with Gasteiger partial charge in [-0.2, -0.15) is 5.26 Å². The van der Waals surface area contributed by atoms with E-state index in [4.69, 9.17) is 21.6 Å². The van der Waals surface area contributed by atoms with Crippen LogP contribution in [0, 0.1) is 11.3 Å². The van der Waals surface area contributed by atoms with Gasteiger partial charge in [0.1, 0.15) is 6.61 Å². The number of hydrogen-bond donors (Lipinski definition) is 0. The van der Waals surface area contributed by atoms with Crippen LogP contribution >= 0.6 is 11.6 Å². The van der Waals surface area contributed by atoms with Crippen LogP contribution < -0.4 is 9.64 Å². The van der Waals surface area contributed by atoms with Crippen LogP contribution in [0.1, 0.15) is 0 Å². The lowest BCUT2D eigenvalue weighted by atomic mass is 10.2. The van der Waals surface area contributed by atoms with E-state index >= 15 is 0 Å². The van der Waals surface area contributed by atoms with Crippen LogP contribution in [-0.2, 0) is 0 Å². The first-order valence-corrected chi connectivity index (χ1v) is 4.65. The van der Waals surface area contributed by atoms with Gasteiger partial charge in [-0.1, -0.05) is 17.7 Å². The third-order valence-electron chi connectivity index (χ3n) is 2.33. The van der Waals surface area contributed by atoms with Gasteiger partial charge in [-0.05, 0) is 12.1 Å². The van der Waals surface area contributed by atoms with E-state index in [0.29, 0.717) is 17.4 Å². The Hall–Kier alpha value is -1.40. The Morgan fingerprint density at radius 3 is 3.14 bits per heavy atom. The molecule has 72 valence electrons. The van der Waals surface area contributed by atoms with Gasteiger partial charge < -0.3 is 9.64 Å². The number of benzene rings is 1. The molecule has 0 aliphatic carbocycles. The van der Waals surface area contributed by atoms with Crippen molar-refractivity contribution in [2.45, 2.75) is 6.04 Å². The fourth-order valence-electron chi connectivity index (χ4n) is 1.48. The van der Waals surface area contributed by atoms with Crippen molar-refractivity contribution < 1.29 is 4.74 Å². The maximum atomic E-state index is 8.85. The van der Waals surface area contributed by atoms with Gasteiger partial charge in [0.2, 0.25) is 0 Å². The van der Waals surface area contributed by atoms with Crippen LogP contribution in [0.4, 0.5) is 5.69 Å². The highest BCUT2D eigenvalue weighted by atomic mass is 35.5. The summed E-state index contributed by atoms with van der Waals surface area (Å²) in [6, 6.07) is 7.46. The third kappa shape index (κ3) is 1.28. The van der Waals surface area contributed by atoms with Crippen LogP contribution in [0.3, 0.4) is 0 Å². The molecule has 0 saturated heterocycles. The monoisotopic (exact) mass is 208 g/mol. The number of hydrogen-bond acceptors (Lipinski definition) is 3. The normalized spacial score (nSPS) is 19.5. The number of rotatable bonds is 0. The minimum Gasteiger partial charge on any atom is -0.487 e. The van der Waals surface area contributed by atoms with E-state index < -0.39 is 0 Å². The Labute approximate surface area is 87.5 Å². The summed E-state index contributed by atoms with van der Waals surface area (Å²) in [4.78, 5) is 1.88. The second kappa shape index (κ2) is 3.39. The van der Waals surface area contributed by atoms with Crippen molar-refractivity contribution in [1.29, 1.82) is 5.26 Å². The molecule has 0 saturated carbocycles. The fraction of sp³-hybridized carbons (Fsp3) is 0.300. The van der Waals surface area contributed by atoms with Crippen molar-refractivity contribution in [2.24, 2.45) is 0 Å². The highest BCUT2D eigenvalue weighted by molar-refractivity contribution is 6.32. The Bertz CT molecular complexity index is 400. The molecule has 0 amide bonds. The average Bonchev–Trinajstić information content (AvgIpc) is 2.20. The number of nitrogens with zero attached hydrogens (tertiary/aromatic N) is 2. The molecule has 1 heterocycles. The zero-order valence-electron chi connectivity index (χ0n) is 7.70. The van der Waals surface area contributed by atoms with Crippen LogP contribution in [-0.4, -0.2) is 19.7 Å². The van der Waals surface area contributed by atoms with E-state index in [1.807, 2.05) is 24.1 Å². The second-order valence-corrected chi connectivity index (χ2v) is 3.56. The molecule has 1 aliphatic rings. The van der Waals surface area contributed by atoms with Gasteiger partial charge in [0.15, 0.2) is 11.8 Å². The quantitative estimate of drug-likeness (QED) is 0.655. The van der Waals surface area contributed by atoms with E-state index in [9.17, 15) is 0 Å². The maximum absolute atomic E-state index is 8.85. The van der Waals surface area contributed by atoms with Crippen molar-refractivity contribution in [2.75, 3.05) is 18.6 Å². The molecule has 2 rings (SSSR count). The SMILES string of the molecule is CN1c2cccc(Cl)c2OCC1C#N. The number of likely N-dealkylation sites (N-methyl/N-ethyl adjacent to an activating group) is 1. The van der Waals surface area contributed by atoms with Crippen LogP contribution in [0.15, 0.2) is 18.2 Å². The number of anilines is 1. The van der Waals surface area contributed by atoms with Crippen molar-refractivity contribution in [1.82, 2.24) is 0 Å². The Kier molecular flexibility index (Phi) is 2.22. The summed E-state index contributed by atoms with van der Waals surface area (Å²) in [6.07, 6.45) is 0. The molecule has 1 aliphatic heterocycles. The molecule has 1 aromatic rings. The first-order chi connectivity index (χ1) is 6.74. The van der Waals surface area contributed by atoms with Gasteiger partial charge in [0, 0.05) is 7.05 Å². The lowest BCUT2D eigenvalue weighted by molar-refractivity contribution is 0.289. The number of halogens is 1. The topological polar surface area (TPSA) is 36.3 Å². The zero-order valence-corrected chi connectivity index (χ0v) is 8.45. The third-order valence-corrected chi connectivity index (χ3v) is 2.63. The lowest BCUT2D eigenvalue weighted by Gasteiger charge is -2.32. The highest BCUT2D eigenvalue weighted by Crippen LogP contribution is 2.38. The molecule has 0 fully saturated rings. The number of ether oxygens (including phenoxy) is 1. The van der Waals surface area contributed by atoms with Crippen molar-refractivity contribution in [3.8, 4) is 11.8 Å². The van der Waals surface area contributed by atoms with Crippen LogP contribution in [0.25, 0.3) is 0 Å². The molecule has 1 atom stereocenters. The molecule has 14 heavy (non-hydrogen) atoms. The maximum Gasteiger partial charge on any atom is 0.161 e. The van der Waals surface area contributed by atoms with Crippen LogP contribution in [0.5, 0.6) is 5.75 Å². The molecule has 0 bridgehead atoms. The van der Waals surface area contributed by atoms with Gasteiger partial charge in [-0.15, -0.1) is 0 Å². The number of nitriles is 1. The summed E-state index contributed by atoms with van der Waals surface area (Å²) in [7, 11) is 1.87. The van der Waals surface area contributed by atoms with E-state index in [2.05, 4.69) is 6.07 Å². The summed E-state index contributed by atoms with van der Waals surface area (Å²) < 4.78 is 5.43. The summed E-state index contributed by atoms with van der Waals surface area (Å²) in [6.45, 7) is 0.365. The minimum absolute atomic E-state index is 0.235. The average molecular weight is 209 g/mol. The second-order valence-electron chi connectivity index (χ2n) is 3.15. The zero-order chi connectivity index (χ0) is 10.1. The van der Waals surface area contributed by atoms with Gasteiger partial charge in [0.25, 0.3) is 0 Å². The molecule has 1 unspecified atom stereocenters. The van der Waals surface area contributed by atoms with E-state index in [1.54, 1.807) is 6.07 Å². The summed E-state index contributed by atoms with van der Waals surface area (Å²) >= 11 is 5.96. The standard InChI is InChI=1S/C10H9ClN2O/c1-13-7(5-12)6-14-10-8(11)3-2-4-9(10)13/h2-4,7H,6H2,1H3. The molecule has 4 heteroatoms. The predicted octanol–water partition coefficient (Wildman–Crippen LogP) is 2.06. The highest BCUT2D eigenvalue weighted by Gasteiger charge is 2.25. The van der Waals surface area contributed by atoms with Crippen molar-refractivity contribution >= 4 is 17.3 Å². The molecule has 0 radical (unpaired) electrons. The molecule has 0 spiro atoms. The first-order valence-electron chi connectivity index (χ1n) is 4.28. The van der Waals surface area contributed by atoms with Crippen molar-refractivity contribution in [3.63, 3.8) is 0 Å². The smallest absolute Gasteiger partial charge is 0.161 e. The summed E-state index contributed by atoms with van der Waals surface area (Å²) in [5, 5.41) is 9.44. The van der Waals surface area contributed by atoms with Gasteiger partial charge in [0.05, 0.1) is 16.8 Å². The summed E-state index contributed by atoms with van der Waals surface area (Å²) in [5.74, 6) is 0.670. The largest absolute Gasteiger partial charge is 0.487 e. The van der Waals surface area contributed by atoms with E-state index in [1.165, 1.54) is 0 Å². The molecule has 0 aromatic heterocycles.